The van der Waals surface area contributed by atoms with Gasteiger partial charge in [0.1, 0.15) is 11.3 Å². The van der Waals surface area contributed by atoms with Gasteiger partial charge in [0.15, 0.2) is 0 Å². The van der Waals surface area contributed by atoms with E-state index in [2.05, 4.69) is 45.0 Å². The zero-order valence-electron chi connectivity index (χ0n) is 24.5. The van der Waals surface area contributed by atoms with E-state index in [0.29, 0.717) is 29.5 Å². The minimum atomic E-state index is -0.611. The number of phenols is 1. The van der Waals surface area contributed by atoms with E-state index in [-0.39, 0.29) is 24.5 Å². The molecule has 2 aromatic rings. The van der Waals surface area contributed by atoms with Crippen LogP contribution in [0.2, 0.25) is 0 Å². The average molecular weight is 523 g/mol. The van der Waals surface area contributed by atoms with Crippen molar-refractivity contribution in [2.45, 2.75) is 99.8 Å². The Kier molecular flexibility index (Phi) is 12.6. The molecular weight excluding hydrogens is 476 g/mol. The van der Waals surface area contributed by atoms with Gasteiger partial charge in [-0.05, 0) is 82.1 Å². The van der Waals surface area contributed by atoms with Gasteiger partial charge in [0.2, 0.25) is 0 Å². The molecule has 5 heteroatoms. The van der Waals surface area contributed by atoms with E-state index in [9.17, 15) is 14.7 Å². The summed E-state index contributed by atoms with van der Waals surface area (Å²) in [5.41, 5.74) is 6.33. The monoisotopic (exact) mass is 522 g/mol. The third-order valence-corrected chi connectivity index (χ3v) is 6.64. The van der Waals surface area contributed by atoms with Gasteiger partial charge in [-0.2, -0.15) is 0 Å². The fraction of sp³-hybridized carbons (Fsp3) is 0.515. The highest BCUT2D eigenvalue weighted by atomic mass is 16.5. The average Bonchev–Trinajstić information content (AvgIpc) is 2.86. The Morgan fingerprint density at radius 1 is 0.737 bits per heavy atom. The minimum absolute atomic E-state index is 0.0883. The Balaban J connectivity index is 3.15. The summed E-state index contributed by atoms with van der Waals surface area (Å²) in [7, 11) is 0. The van der Waals surface area contributed by atoms with E-state index < -0.39 is 11.9 Å². The van der Waals surface area contributed by atoms with Gasteiger partial charge in [-0.3, -0.25) is 0 Å². The molecule has 0 spiro atoms. The van der Waals surface area contributed by atoms with Crippen molar-refractivity contribution in [1.82, 2.24) is 0 Å². The van der Waals surface area contributed by atoms with Crippen LogP contribution < -0.4 is 0 Å². The van der Waals surface area contributed by atoms with Crippen molar-refractivity contribution in [1.29, 1.82) is 0 Å². The van der Waals surface area contributed by atoms with Crippen LogP contribution in [0.3, 0.4) is 0 Å². The number of carbonyl (C=O) groups excluding carboxylic acids is 2. The third-order valence-electron chi connectivity index (χ3n) is 6.64. The molecular formula is C33H46O5. The molecule has 2 rings (SSSR count). The lowest BCUT2D eigenvalue weighted by atomic mass is 9.81. The number of hydrogen-bond acceptors (Lipinski definition) is 5. The number of unbranched alkanes of at least 4 members (excludes halogenated alkanes) is 3. The quantitative estimate of drug-likeness (QED) is 0.253. The van der Waals surface area contributed by atoms with Crippen molar-refractivity contribution in [3.63, 3.8) is 0 Å². The normalized spacial score (nSPS) is 11.5. The first kappa shape index (κ1) is 31.1. The Morgan fingerprint density at radius 3 is 1.71 bits per heavy atom. The first-order chi connectivity index (χ1) is 18.2. The summed E-state index contributed by atoms with van der Waals surface area (Å²) in [6, 6.07) is 6.30. The smallest absolute Gasteiger partial charge is 0.342 e. The third kappa shape index (κ3) is 7.49. The molecule has 1 N–H and O–H groups in total. The maximum atomic E-state index is 13.6. The zero-order chi connectivity index (χ0) is 28.2. The van der Waals surface area contributed by atoms with Crippen LogP contribution in [0, 0.1) is 13.8 Å². The summed E-state index contributed by atoms with van der Waals surface area (Å²) in [5, 5.41) is 12.0. The van der Waals surface area contributed by atoms with Crippen molar-refractivity contribution in [3.05, 3.63) is 68.8 Å². The lowest BCUT2D eigenvalue weighted by Gasteiger charge is -2.25. The Hall–Kier alpha value is -3.08. The second-order valence-electron chi connectivity index (χ2n) is 9.86. The standard InChI is InChI=1S/C33H46O5/c1-8-13-16-25(24-20-22(6)19-23(7)21-24)28-26(17-14-9-2)29(32(35)37-11-4)27(18-15-10-3)30(31(28)34)33(36)38-12-5/h16,19-21,34H,8-15,17-18H2,1-7H3/b25-16-. The number of esters is 2. The molecule has 0 bridgehead atoms. The fourth-order valence-electron chi connectivity index (χ4n) is 5.00. The molecule has 0 aliphatic carbocycles. The van der Waals surface area contributed by atoms with Crippen molar-refractivity contribution >= 4 is 17.5 Å². The molecule has 0 unspecified atom stereocenters. The van der Waals surface area contributed by atoms with Crippen LogP contribution >= 0.6 is 0 Å². The molecule has 0 radical (unpaired) electrons. The van der Waals surface area contributed by atoms with Crippen molar-refractivity contribution in [2.75, 3.05) is 13.2 Å². The second-order valence-corrected chi connectivity index (χ2v) is 9.86. The molecule has 0 heterocycles. The molecule has 5 nitrogen and oxygen atoms in total. The minimum Gasteiger partial charge on any atom is -0.506 e. The summed E-state index contributed by atoms with van der Waals surface area (Å²) >= 11 is 0. The zero-order valence-corrected chi connectivity index (χ0v) is 24.5. The van der Waals surface area contributed by atoms with Crippen LogP contribution in [0.1, 0.15) is 127 Å². The predicted molar refractivity (Wildman–Crippen MR) is 155 cm³/mol. The number of aryl methyl sites for hydroxylation is 2. The summed E-state index contributed by atoms with van der Waals surface area (Å²) in [4.78, 5) is 27.0. The van der Waals surface area contributed by atoms with Gasteiger partial charge >= 0.3 is 11.9 Å². The number of hydrogen-bond donors (Lipinski definition) is 1. The molecule has 0 saturated heterocycles. The first-order valence-corrected chi connectivity index (χ1v) is 14.3. The molecule has 0 fully saturated rings. The number of allylic oxidation sites excluding steroid dienone is 1. The van der Waals surface area contributed by atoms with E-state index in [0.717, 1.165) is 66.4 Å². The highest BCUT2D eigenvalue weighted by molar-refractivity contribution is 6.05. The Morgan fingerprint density at radius 2 is 1.24 bits per heavy atom. The number of aromatic hydroxyl groups is 1. The van der Waals surface area contributed by atoms with Crippen LogP contribution in [0.4, 0.5) is 0 Å². The molecule has 0 aromatic heterocycles. The van der Waals surface area contributed by atoms with E-state index in [1.807, 2.05) is 13.8 Å². The molecule has 0 amide bonds. The van der Waals surface area contributed by atoms with Gasteiger partial charge in [0, 0.05) is 5.56 Å². The van der Waals surface area contributed by atoms with Gasteiger partial charge in [-0.15, -0.1) is 0 Å². The molecule has 208 valence electrons. The molecule has 2 aromatic carbocycles. The largest absolute Gasteiger partial charge is 0.506 e. The van der Waals surface area contributed by atoms with Crippen molar-refractivity contribution in [2.24, 2.45) is 0 Å². The van der Waals surface area contributed by atoms with Crippen LogP contribution in [0.5, 0.6) is 5.75 Å². The number of benzene rings is 2. The van der Waals surface area contributed by atoms with Crippen molar-refractivity contribution < 1.29 is 24.2 Å². The molecule has 0 aliphatic rings. The Bertz CT molecular complexity index is 1120. The Labute approximate surface area is 229 Å². The topological polar surface area (TPSA) is 72.8 Å². The van der Waals surface area contributed by atoms with Gasteiger partial charge in [-0.1, -0.05) is 75.4 Å². The van der Waals surface area contributed by atoms with E-state index >= 15 is 0 Å². The van der Waals surface area contributed by atoms with E-state index in [1.54, 1.807) is 13.8 Å². The summed E-state index contributed by atoms with van der Waals surface area (Å²) in [6.07, 6.45) is 8.28. The van der Waals surface area contributed by atoms with Crippen molar-refractivity contribution in [3.8, 4) is 5.75 Å². The van der Waals surface area contributed by atoms with Gasteiger partial charge < -0.3 is 14.6 Å². The fourth-order valence-corrected chi connectivity index (χ4v) is 5.00. The lowest BCUT2D eigenvalue weighted by Crippen LogP contribution is -2.20. The first-order valence-electron chi connectivity index (χ1n) is 14.3. The molecule has 0 saturated carbocycles. The number of rotatable bonds is 14. The van der Waals surface area contributed by atoms with E-state index in [4.69, 9.17) is 9.47 Å². The summed E-state index contributed by atoms with van der Waals surface area (Å²) in [5.74, 6) is -1.16. The molecule has 0 aliphatic heterocycles. The van der Waals surface area contributed by atoms with Gasteiger partial charge in [0.25, 0.3) is 0 Å². The predicted octanol–water partition coefficient (Wildman–Crippen LogP) is 8.28. The van der Waals surface area contributed by atoms with Gasteiger partial charge in [0.05, 0.1) is 18.8 Å². The number of carbonyl (C=O) groups is 2. The van der Waals surface area contributed by atoms with Crippen LogP contribution in [-0.4, -0.2) is 30.3 Å². The lowest BCUT2D eigenvalue weighted by molar-refractivity contribution is 0.0519. The maximum absolute atomic E-state index is 13.6. The summed E-state index contributed by atoms with van der Waals surface area (Å²) < 4.78 is 11.0. The van der Waals surface area contributed by atoms with Crippen LogP contribution in [0.25, 0.3) is 5.57 Å². The SMILES string of the molecule is CCC/C=C(/c1cc(C)cc(C)c1)c1c(O)c(C(=O)OCC)c(CCCC)c(C(=O)OCC)c1CCCC. The van der Waals surface area contributed by atoms with E-state index in [1.165, 1.54) is 0 Å². The highest BCUT2D eigenvalue weighted by Crippen LogP contribution is 2.43. The maximum Gasteiger partial charge on any atom is 0.342 e. The number of ether oxygens (including phenoxy) is 2. The van der Waals surface area contributed by atoms with Gasteiger partial charge in [-0.25, -0.2) is 9.59 Å². The molecule has 0 atom stereocenters. The molecule has 38 heavy (non-hydrogen) atoms. The summed E-state index contributed by atoms with van der Waals surface area (Å²) in [6.45, 7) is 14.3. The number of phenolic OH excluding ortho intramolecular Hbond substituents is 1. The van der Waals surface area contributed by atoms with Crippen LogP contribution in [0.15, 0.2) is 24.3 Å². The highest BCUT2D eigenvalue weighted by Gasteiger charge is 2.32. The van der Waals surface area contributed by atoms with Crippen LogP contribution in [-0.2, 0) is 22.3 Å². The second kappa shape index (κ2) is 15.4.